The molecular weight excluding hydrogens is 348 g/mol. The third kappa shape index (κ3) is 3.00. The van der Waals surface area contributed by atoms with Crippen molar-refractivity contribution in [3.8, 4) is 0 Å². The van der Waals surface area contributed by atoms with Crippen LogP contribution >= 0.6 is 0 Å². The Morgan fingerprint density at radius 2 is 1.85 bits per heavy atom. The van der Waals surface area contributed by atoms with Gasteiger partial charge in [0.15, 0.2) is 6.29 Å². The summed E-state index contributed by atoms with van der Waals surface area (Å²) in [6, 6.07) is 0. The van der Waals surface area contributed by atoms with E-state index < -0.39 is 42.2 Å². The largest absolute Gasteiger partial charge is 0.394 e. The van der Waals surface area contributed by atoms with Crippen molar-refractivity contribution >= 4 is 0 Å². The van der Waals surface area contributed by atoms with E-state index in [1.54, 1.807) is 0 Å². The maximum atomic E-state index is 11.7. The summed E-state index contributed by atoms with van der Waals surface area (Å²) in [6.07, 6.45) is 1.80. The fraction of sp³-hybridized carbons (Fsp3) is 0.905. The Labute approximate surface area is 161 Å². The highest BCUT2D eigenvalue weighted by Crippen LogP contribution is 2.62. The van der Waals surface area contributed by atoms with E-state index in [0.717, 1.165) is 19.3 Å². The van der Waals surface area contributed by atoms with Crippen molar-refractivity contribution in [1.82, 2.24) is 0 Å². The van der Waals surface area contributed by atoms with Gasteiger partial charge in [0, 0.05) is 5.41 Å². The molecule has 0 aromatic carbocycles. The highest BCUT2D eigenvalue weighted by Gasteiger charge is 2.67. The Hall–Kier alpha value is -0.500. The van der Waals surface area contributed by atoms with E-state index in [1.165, 1.54) is 0 Å². The smallest absolute Gasteiger partial charge is 0.187 e. The minimum atomic E-state index is -2.03. The van der Waals surface area contributed by atoms with Crippen LogP contribution in [0.25, 0.3) is 0 Å². The molecule has 3 rings (SSSR count). The van der Waals surface area contributed by atoms with Gasteiger partial charge in [-0.05, 0) is 48.9 Å². The third-order valence-corrected chi connectivity index (χ3v) is 8.07. The second kappa shape index (κ2) is 7.08. The van der Waals surface area contributed by atoms with Gasteiger partial charge in [-0.15, -0.1) is 0 Å². The van der Waals surface area contributed by atoms with Gasteiger partial charge in [0.05, 0.1) is 6.61 Å². The van der Waals surface area contributed by atoms with Crippen LogP contribution in [0.15, 0.2) is 12.2 Å². The molecule has 0 amide bonds. The van der Waals surface area contributed by atoms with Crippen LogP contribution in [-0.4, -0.2) is 62.3 Å². The highest BCUT2D eigenvalue weighted by atomic mass is 16.6. The molecule has 0 bridgehead atoms. The predicted octanol–water partition coefficient (Wildman–Crippen LogP) is 1.19. The summed E-state index contributed by atoms with van der Waals surface area (Å²) in [6.45, 7) is 7.95. The fourth-order valence-electron chi connectivity index (χ4n) is 6.04. The monoisotopic (exact) mass is 384 g/mol. The van der Waals surface area contributed by atoms with Crippen LogP contribution in [0.4, 0.5) is 0 Å². The van der Waals surface area contributed by atoms with Crippen molar-refractivity contribution < 1.29 is 30.3 Å². The zero-order valence-electron chi connectivity index (χ0n) is 16.9. The molecule has 27 heavy (non-hydrogen) atoms. The Morgan fingerprint density at radius 1 is 1.19 bits per heavy atom. The minimum Gasteiger partial charge on any atom is -0.394 e. The fourth-order valence-corrected chi connectivity index (χ4v) is 6.04. The van der Waals surface area contributed by atoms with Crippen molar-refractivity contribution in [2.75, 3.05) is 6.61 Å². The molecule has 6 heteroatoms. The van der Waals surface area contributed by atoms with Crippen LogP contribution in [0.3, 0.4) is 0 Å². The molecule has 0 unspecified atom stereocenters. The normalized spacial score (nSPS) is 53.4. The molecule has 0 aromatic heterocycles. The SMILES string of the molecule is CC(C)[C@@H]1CC[C@]2(C)C=CC[C@@](C)([C@]3(O)[C@@H](O)O[C@H](CO)[C@@H](O)[C@@H]3O)[C@H]2C1. The lowest BCUT2D eigenvalue weighted by molar-refractivity contribution is -0.368. The lowest BCUT2D eigenvalue weighted by Crippen LogP contribution is -2.74. The van der Waals surface area contributed by atoms with Gasteiger partial charge in [-0.3, -0.25) is 0 Å². The summed E-state index contributed by atoms with van der Waals surface area (Å²) in [7, 11) is 0. The molecule has 156 valence electrons. The zero-order chi connectivity index (χ0) is 20.2. The maximum Gasteiger partial charge on any atom is 0.187 e. The second-order valence-electron chi connectivity index (χ2n) is 9.83. The Balaban J connectivity index is 2.03. The van der Waals surface area contributed by atoms with E-state index in [4.69, 9.17) is 4.74 Å². The number of aliphatic hydroxyl groups excluding tert-OH is 4. The summed E-state index contributed by atoms with van der Waals surface area (Å²) in [4.78, 5) is 0. The average molecular weight is 385 g/mol. The van der Waals surface area contributed by atoms with Crippen LogP contribution < -0.4 is 0 Å². The zero-order valence-corrected chi connectivity index (χ0v) is 16.9. The van der Waals surface area contributed by atoms with Gasteiger partial charge in [-0.25, -0.2) is 0 Å². The molecule has 0 spiro atoms. The molecule has 1 saturated heterocycles. The van der Waals surface area contributed by atoms with Gasteiger partial charge < -0.3 is 30.3 Å². The summed E-state index contributed by atoms with van der Waals surface area (Å²) >= 11 is 0. The molecule has 0 aromatic rings. The molecule has 1 aliphatic heterocycles. The highest BCUT2D eigenvalue weighted by molar-refractivity contribution is 5.21. The van der Waals surface area contributed by atoms with Gasteiger partial charge >= 0.3 is 0 Å². The number of hydrogen-bond donors (Lipinski definition) is 5. The van der Waals surface area contributed by atoms with E-state index in [0.29, 0.717) is 18.3 Å². The van der Waals surface area contributed by atoms with Crippen LogP contribution in [0.2, 0.25) is 0 Å². The van der Waals surface area contributed by atoms with Crippen LogP contribution in [0.5, 0.6) is 0 Å². The van der Waals surface area contributed by atoms with Crippen LogP contribution in [0.1, 0.15) is 53.4 Å². The first-order valence-electron chi connectivity index (χ1n) is 10.2. The van der Waals surface area contributed by atoms with Crippen molar-refractivity contribution in [2.24, 2.45) is 28.6 Å². The minimum absolute atomic E-state index is 0.0203. The molecule has 2 aliphatic carbocycles. The Bertz CT molecular complexity index is 579. The predicted molar refractivity (Wildman–Crippen MR) is 101 cm³/mol. The molecule has 0 radical (unpaired) electrons. The van der Waals surface area contributed by atoms with E-state index >= 15 is 0 Å². The summed E-state index contributed by atoms with van der Waals surface area (Å²) < 4.78 is 5.36. The van der Waals surface area contributed by atoms with E-state index in [9.17, 15) is 25.5 Å². The van der Waals surface area contributed by atoms with Gasteiger partial charge in [0.2, 0.25) is 0 Å². The first-order valence-corrected chi connectivity index (χ1v) is 10.2. The van der Waals surface area contributed by atoms with Crippen molar-refractivity contribution in [3.05, 3.63) is 12.2 Å². The topological polar surface area (TPSA) is 110 Å². The number of aliphatic hydroxyl groups is 5. The van der Waals surface area contributed by atoms with Gasteiger partial charge in [-0.1, -0.05) is 39.8 Å². The number of allylic oxidation sites excluding steroid dienone is 2. The third-order valence-electron chi connectivity index (χ3n) is 8.07. The van der Waals surface area contributed by atoms with Crippen LogP contribution in [0, 0.1) is 28.6 Å². The van der Waals surface area contributed by atoms with Gasteiger partial charge in [0.25, 0.3) is 0 Å². The maximum absolute atomic E-state index is 11.7. The van der Waals surface area contributed by atoms with Gasteiger partial charge in [0.1, 0.15) is 23.9 Å². The standard InChI is InChI=1S/C21H36O6/c1-12(2)13-6-9-19(3)7-5-8-20(4,15(19)10-13)21(26)17(24)16(23)14(11-22)27-18(21)25/h5,7,12-18,22-26H,6,8-11H2,1-4H3/t13-,14-,15+,16-,17+,18+,19+,20-,21-/m1/s1. The molecular formula is C21H36O6. The van der Waals surface area contributed by atoms with Crippen molar-refractivity contribution in [3.63, 3.8) is 0 Å². The Morgan fingerprint density at radius 3 is 2.44 bits per heavy atom. The average Bonchev–Trinajstić information content (AvgIpc) is 2.62. The summed E-state index contributed by atoms with van der Waals surface area (Å²) in [5.74, 6) is 1.04. The molecule has 3 aliphatic rings. The summed E-state index contributed by atoms with van der Waals surface area (Å²) in [5.41, 5.74) is -3.07. The number of fused-ring (bicyclic) bond motifs is 1. The lowest BCUT2D eigenvalue weighted by Gasteiger charge is -2.63. The lowest BCUT2D eigenvalue weighted by atomic mass is 9.46. The number of hydrogen-bond acceptors (Lipinski definition) is 6. The van der Waals surface area contributed by atoms with Crippen molar-refractivity contribution in [1.29, 1.82) is 0 Å². The molecule has 1 saturated carbocycles. The first-order chi connectivity index (χ1) is 12.5. The molecule has 9 atom stereocenters. The van der Waals surface area contributed by atoms with E-state index in [2.05, 4.69) is 26.8 Å². The van der Waals surface area contributed by atoms with E-state index in [1.807, 2.05) is 13.0 Å². The number of rotatable bonds is 3. The molecule has 2 fully saturated rings. The quantitative estimate of drug-likeness (QED) is 0.468. The van der Waals surface area contributed by atoms with E-state index in [-0.39, 0.29) is 11.3 Å². The van der Waals surface area contributed by atoms with Gasteiger partial charge in [-0.2, -0.15) is 0 Å². The number of ether oxygens (including phenoxy) is 1. The Kier molecular flexibility index (Phi) is 5.56. The summed E-state index contributed by atoms with van der Waals surface area (Å²) in [5, 5.41) is 53.0. The molecule has 5 N–H and O–H groups in total. The molecule has 6 nitrogen and oxygen atoms in total. The van der Waals surface area contributed by atoms with Crippen LogP contribution in [-0.2, 0) is 4.74 Å². The first kappa shape index (κ1) is 21.2. The molecule has 1 heterocycles. The second-order valence-corrected chi connectivity index (χ2v) is 9.83. The van der Waals surface area contributed by atoms with Crippen molar-refractivity contribution in [2.45, 2.75) is 83.6 Å².